The van der Waals surface area contributed by atoms with E-state index in [1.54, 1.807) is 60.7 Å². The van der Waals surface area contributed by atoms with Crippen molar-refractivity contribution in [2.75, 3.05) is 78.9 Å². The van der Waals surface area contributed by atoms with Gasteiger partial charge in [0.25, 0.3) is 11.8 Å². The molecule has 0 radical (unpaired) electrons. The zero-order valence-corrected chi connectivity index (χ0v) is 41.6. The fraction of sp³-hybridized carbons (Fsp3) is 0.451. The van der Waals surface area contributed by atoms with Crippen molar-refractivity contribution < 1.29 is 64.8 Å². The number of rotatable bonds is 25. The summed E-state index contributed by atoms with van der Waals surface area (Å²) in [4.78, 5) is 65.7. The summed E-state index contributed by atoms with van der Waals surface area (Å²) < 4.78 is 20.6. The van der Waals surface area contributed by atoms with Gasteiger partial charge in [0.2, 0.25) is 5.91 Å². The van der Waals surface area contributed by atoms with E-state index in [-0.39, 0.29) is 44.6 Å². The zero-order chi connectivity index (χ0) is 51.1. The average Bonchev–Trinajstić information content (AvgIpc) is 3.32. The number of hydrogen-bond donors (Lipinski definition) is 9. The SMILES string of the molecule is C.CC(C)(C)OC(=O)NCCOCCN.CC/C=C\CC(=O)NCCOCCNC(=O)c1ccccc1.CC/C=C\CC(=O)O.N.NCCOCCNC(=O)c1ccccc1.O.O=C(O)c1ccccc1.[2HH]. The molecule has 0 aromatic heterocycles. The molecule has 0 fully saturated rings. The van der Waals surface area contributed by atoms with Gasteiger partial charge in [-0.05, 0) is 70.0 Å². The molecule has 0 aliphatic heterocycles. The minimum absolute atomic E-state index is 0. The monoisotopic (exact) mass is 1010 g/mol. The summed E-state index contributed by atoms with van der Waals surface area (Å²) in [5.74, 6) is -1.84. The third-order valence-corrected chi connectivity index (χ3v) is 7.56. The number of aliphatic carboxylic acids is 1. The van der Waals surface area contributed by atoms with E-state index in [0.717, 1.165) is 12.8 Å². The van der Waals surface area contributed by atoms with Crippen molar-refractivity contribution in [1.82, 2.24) is 27.4 Å². The summed E-state index contributed by atoms with van der Waals surface area (Å²) >= 11 is 0. The fourth-order valence-electron chi connectivity index (χ4n) is 4.49. The molecule has 3 aromatic rings. The lowest BCUT2D eigenvalue weighted by molar-refractivity contribution is -0.136. The Balaban J connectivity index is -0.000000195. The van der Waals surface area contributed by atoms with Crippen LogP contribution in [0.4, 0.5) is 4.79 Å². The number of alkyl carbamates (subject to hydrolysis) is 1. The number of amides is 4. The number of nitrogens with one attached hydrogen (secondary N) is 4. The predicted octanol–water partition coefficient (Wildman–Crippen LogP) is 5.82. The lowest BCUT2D eigenvalue weighted by Crippen LogP contribution is -2.34. The van der Waals surface area contributed by atoms with Gasteiger partial charge in [-0.3, -0.25) is 19.2 Å². The van der Waals surface area contributed by atoms with Crippen molar-refractivity contribution in [3.63, 3.8) is 0 Å². The molecular weight excluding hydrogens is 919 g/mol. The highest BCUT2D eigenvalue weighted by Gasteiger charge is 2.15. The second-order valence-corrected chi connectivity index (χ2v) is 14.7. The summed E-state index contributed by atoms with van der Waals surface area (Å²) in [5, 5.41) is 27.3. The van der Waals surface area contributed by atoms with Gasteiger partial charge in [0.15, 0.2) is 0 Å². The van der Waals surface area contributed by atoms with Crippen molar-refractivity contribution in [2.45, 2.75) is 73.3 Å². The molecule has 0 aliphatic carbocycles. The second-order valence-electron chi connectivity index (χ2n) is 14.7. The van der Waals surface area contributed by atoms with Gasteiger partial charge in [-0.15, -0.1) is 0 Å². The van der Waals surface area contributed by atoms with E-state index in [2.05, 4.69) is 21.3 Å². The molecular formula is C51H87N7O13. The Kier molecular flexibility index (Phi) is 53.1. The van der Waals surface area contributed by atoms with E-state index < -0.39 is 23.6 Å². The standard InChI is InChI=1S/C17H24N2O3.C11H16N2O2.C9H20N2O3.C7H6O2.C6H10O2.CH4.H3N.H2O.H2/c1-2-3-5-10-16(20)18-11-13-22-14-12-19-17(21)15-8-6-4-7-9-15;12-6-8-15-9-7-13-11(14)10-4-2-1-3-5-10;1-9(2,3)14-8(12)11-5-7-13-6-4-10;8-7(9)6-4-2-1-3-5-6;1-2-3-4-5-6(7)8;;;;/h3-9H,2,10-14H2,1H3,(H,18,20)(H,19,21);1-5H,6-9,12H2,(H,13,14);4-7,10H2,1-3H3,(H,11,12);1-5H,(H,8,9);3-4H,2,5H2,1H3,(H,7,8);1H4;1H3;1H2;1H/b5-3-;;;;4-3-;;;;/i;;;;;;;;1+1. The molecule has 0 saturated heterocycles. The summed E-state index contributed by atoms with van der Waals surface area (Å²) in [6.45, 7) is 15.2. The Hall–Kier alpha value is -6.52. The minimum Gasteiger partial charge on any atom is -0.481 e. The Bertz CT molecular complexity index is 1820. The number of aromatic carboxylic acids is 1. The van der Waals surface area contributed by atoms with Crippen molar-refractivity contribution >= 4 is 35.8 Å². The van der Waals surface area contributed by atoms with Crippen molar-refractivity contribution in [2.24, 2.45) is 11.5 Å². The topological polar surface area (TPSA) is 346 Å². The smallest absolute Gasteiger partial charge is 0.407 e. The van der Waals surface area contributed by atoms with Gasteiger partial charge in [0.05, 0.1) is 51.6 Å². The van der Waals surface area contributed by atoms with Crippen LogP contribution in [0.2, 0.25) is 0 Å². The highest BCUT2D eigenvalue weighted by atomic mass is 16.6. The quantitative estimate of drug-likeness (QED) is 0.0357. The van der Waals surface area contributed by atoms with Gasteiger partial charge in [-0.1, -0.05) is 100 Å². The van der Waals surface area contributed by atoms with E-state index in [1.807, 2.05) is 89.2 Å². The molecule has 15 N–H and O–H groups in total. The van der Waals surface area contributed by atoms with Crippen LogP contribution in [-0.4, -0.2) is 136 Å². The summed E-state index contributed by atoms with van der Waals surface area (Å²) in [6, 6.07) is 26.4. The summed E-state index contributed by atoms with van der Waals surface area (Å²) in [5.41, 5.74) is 11.6. The molecule has 0 saturated carbocycles. The van der Waals surface area contributed by atoms with Gasteiger partial charge in [0.1, 0.15) is 5.60 Å². The maximum atomic E-state index is 11.7. The highest BCUT2D eigenvalue weighted by molar-refractivity contribution is 5.94. The number of nitrogens with two attached hydrogens (primary N) is 2. The number of carbonyl (C=O) groups excluding carboxylic acids is 4. The second kappa shape index (κ2) is 51.3. The molecule has 3 aromatic carbocycles. The molecule has 0 atom stereocenters. The maximum absolute atomic E-state index is 11.7. The molecule has 4 amide bonds. The largest absolute Gasteiger partial charge is 0.481 e. The number of allylic oxidation sites excluding steroid dienone is 2. The lowest BCUT2D eigenvalue weighted by atomic mass is 10.2. The van der Waals surface area contributed by atoms with Gasteiger partial charge in [-0.25, -0.2) is 9.59 Å². The number of carboxylic acid groups (broad SMARTS) is 2. The first-order chi connectivity index (χ1) is 32.6. The number of hydrogen-bond acceptors (Lipinski definition) is 13. The predicted molar refractivity (Wildman–Crippen MR) is 282 cm³/mol. The van der Waals surface area contributed by atoms with Crippen LogP contribution < -0.4 is 38.9 Å². The Morgan fingerprint density at radius 1 is 0.549 bits per heavy atom. The first-order valence-corrected chi connectivity index (χ1v) is 22.4. The normalized spacial score (nSPS) is 9.85. The molecule has 0 heterocycles. The van der Waals surface area contributed by atoms with Gasteiger partial charge in [0, 0.05) is 58.2 Å². The van der Waals surface area contributed by atoms with Crippen LogP contribution >= 0.6 is 0 Å². The first-order valence-electron chi connectivity index (χ1n) is 22.4. The van der Waals surface area contributed by atoms with Crippen LogP contribution in [0, 0.1) is 0 Å². The van der Waals surface area contributed by atoms with Gasteiger partial charge >= 0.3 is 18.0 Å². The maximum Gasteiger partial charge on any atom is 0.407 e. The minimum atomic E-state index is -0.879. The lowest BCUT2D eigenvalue weighted by Gasteiger charge is -2.19. The fourth-order valence-corrected chi connectivity index (χ4v) is 4.49. The highest BCUT2D eigenvalue weighted by Crippen LogP contribution is 2.06. The molecule has 404 valence electrons. The third kappa shape index (κ3) is 51.2. The number of carboxylic acids is 2. The molecule has 3 rings (SSSR count). The molecule has 71 heavy (non-hydrogen) atoms. The molecule has 0 bridgehead atoms. The van der Waals surface area contributed by atoms with Crippen LogP contribution in [0.15, 0.2) is 115 Å². The molecule has 0 spiro atoms. The molecule has 20 heteroatoms. The van der Waals surface area contributed by atoms with Crippen molar-refractivity contribution in [3.05, 3.63) is 132 Å². The van der Waals surface area contributed by atoms with E-state index >= 15 is 0 Å². The van der Waals surface area contributed by atoms with Crippen molar-refractivity contribution in [3.8, 4) is 0 Å². The Labute approximate surface area is 422 Å². The molecule has 0 unspecified atom stereocenters. The van der Waals surface area contributed by atoms with E-state index in [9.17, 15) is 28.8 Å². The third-order valence-electron chi connectivity index (χ3n) is 7.56. The zero-order valence-electron chi connectivity index (χ0n) is 41.6. The van der Waals surface area contributed by atoms with Gasteiger partial charge in [-0.2, -0.15) is 0 Å². The van der Waals surface area contributed by atoms with E-state index in [1.165, 1.54) is 0 Å². The van der Waals surface area contributed by atoms with Crippen LogP contribution in [0.5, 0.6) is 0 Å². The van der Waals surface area contributed by atoms with Crippen molar-refractivity contribution in [1.29, 1.82) is 0 Å². The number of benzene rings is 3. The number of ether oxygens (including phenoxy) is 4. The number of carbonyl (C=O) groups is 6. The first kappa shape index (κ1) is 73.4. The summed E-state index contributed by atoms with van der Waals surface area (Å²) in [7, 11) is 0. The van der Waals surface area contributed by atoms with Crippen LogP contribution in [0.1, 0.15) is 100 Å². The summed E-state index contributed by atoms with van der Waals surface area (Å²) in [6.07, 6.45) is 9.29. The average molecular weight is 1010 g/mol. The van der Waals surface area contributed by atoms with Crippen LogP contribution in [-0.2, 0) is 28.5 Å². The molecule has 0 aliphatic rings. The Morgan fingerprint density at radius 2 is 0.901 bits per heavy atom. The Morgan fingerprint density at radius 3 is 1.24 bits per heavy atom. The molecule has 20 nitrogen and oxygen atoms in total. The van der Waals surface area contributed by atoms with Crippen LogP contribution in [0.25, 0.3) is 0 Å². The van der Waals surface area contributed by atoms with Crippen LogP contribution in [0.3, 0.4) is 0 Å². The van der Waals surface area contributed by atoms with E-state index in [4.69, 9.17) is 40.6 Å². The van der Waals surface area contributed by atoms with E-state index in [0.29, 0.717) is 102 Å². The van der Waals surface area contributed by atoms with Gasteiger partial charge < -0.3 is 73.5 Å².